The molecule has 0 radical (unpaired) electrons. The third kappa shape index (κ3) is 4.28. The number of para-hydroxylation sites is 1. The van der Waals surface area contributed by atoms with Gasteiger partial charge in [0.1, 0.15) is 11.9 Å². The molecule has 0 aliphatic carbocycles. The number of aromatic carboxylic acids is 1. The van der Waals surface area contributed by atoms with Crippen LogP contribution in [0.25, 0.3) is 16.6 Å². The zero-order chi connectivity index (χ0) is 22.0. The van der Waals surface area contributed by atoms with Crippen LogP contribution in [0.2, 0.25) is 5.02 Å². The van der Waals surface area contributed by atoms with Gasteiger partial charge in [-0.2, -0.15) is 0 Å². The summed E-state index contributed by atoms with van der Waals surface area (Å²) in [6, 6.07) is 11.6. The van der Waals surface area contributed by atoms with Crippen LogP contribution in [0.1, 0.15) is 21.5 Å². The van der Waals surface area contributed by atoms with Gasteiger partial charge in [-0.25, -0.2) is 9.48 Å². The predicted octanol–water partition coefficient (Wildman–Crippen LogP) is 1.71. The van der Waals surface area contributed by atoms with E-state index < -0.39 is 11.5 Å². The van der Waals surface area contributed by atoms with Crippen molar-refractivity contribution in [3.8, 4) is 5.69 Å². The van der Waals surface area contributed by atoms with Crippen LogP contribution in [-0.4, -0.2) is 42.2 Å². The first kappa shape index (κ1) is 20.2. The minimum Gasteiger partial charge on any atom is -0.477 e. The fraction of sp³-hybridized carbons (Fsp3) is 0.100. The Hall–Kier alpha value is -4.05. The number of H-pyrrole nitrogens is 1. The standard InChI is InChI=1S/C20H15ClN6O4/c21-14-5-12-7-15(20(30)31)19(29)24-18(12)13(6-14)9-22-17(28)8-11-3-1-2-4-16(11)27-10-23-25-26-27/h1-7,10H,8-9H2,(H,22,28)(H,24,29)(H,30,31). The number of benzene rings is 2. The second-order valence-electron chi connectivity index (χ2n) is 6.68. The van der Waals surface area contributed by atoms with Gasteiger partial charge in [0.2, 0.25) is 5.91 Å². The number of fused-ring (bicyclic) bond motifs is 1. The van der Waals surface area contributed by atoms with E-state index in [0.29, 0.717) is 27.2 Å². The number of rotatable bonds is 6. The van der Waals surface area contributed by atoms with Crippen LogP contribution in [-0.2, 0) is 17.8 Å². The fourth-order valence-electron chi connectivity index (χ4n) is 3.24. The molecule has 11 heteroatoms. The number of pyridine rings is 1. The maximum Gasteiger partial charge on any atom is 0.341 e. The number of nitrogens with one attached hydrogen (secondary N) is 2. The molecule has 1 amide bonds. The topological polar surface area (TPSA) is 143 Å². The van der Waals surface area contributed by atoms with E-state index in [2.05, 4.69) is 25.8 Å². The average Bonchev–Trinajstić information content (AvgIpc) is 3.27. The summed E-state index contributed by atoms with van der Waals surface area (Å²) in [5.74, 6) is -1.60. The van der Waals surface area contributed by atoms with Gasteiger partial charge in [0.05, 0.1) is 17.6 Å². The smallest absolute Gasteiger partial charge is 0.341 e. The molecule has 31 heavy (non-hydrogen) atoms. The molecule has 2 aromatic carbocycles. The van der Waals surface area contributed by atoms with Crippen molar-refractivity contribution >= 4 is 34.4 Å². The first-order chi connectivity index (χ1) is 14.9. The Morgan fingerprint density at radius 3 is 2.71 bits per heavy atom. The summed E-state index contributed by atoms with van der Waals surface area (Å²) in [5.41, 5.74) is 1.26. The lowest BCUT2D eigenvalue weighted by Gasteiger charge is -2.11. The van der Waals surface area contributed by atoms with Crippen LogP contribution < -0.4 is 10.9 Å². The summed E-state index contributed by atoms with van der Waals surface area (Å²) in [4.78, 5) is 38.4. The Kier molecular flexibility index (Phi) is 5.46. The molecule has 10 nitrogen and oxygen atoms in total. The number of nitrogens with zero attached hydrogens (tertiary/aromatic N) is 4. The number of amides is 1. The molecule has 0 saturated carbocycles. The Labute approximate surface area is 179 Å². The summed E-state index contributed by atoms with van der Waals surface area (Å²) < 4.78 is 1.47. The first-order valence-electron chi connectivity index (χ1n) is 9.09. The Morgan fingerprint density at radius 2 is 1.97 bits per heavy atom. The number of aromatic amines is 1. The highest BCUT2D eigenvalue weighted by Crippen LogP contribution is 2.22. The number of carbonyl (C=O) groups is 2. The van der Waals surface area contributed by atoms with E-state index in [4.69, 9.17) is 16.7 Å². The van der Waals surface area contributed by atoms with Crippen molar-refractivity contribution in [1.29, 1.82) is 0 Å². The van der Waals surface area contributed by atoms with Crippen molar-refractivity contribution in [1.82, 2.24) is 30.5 Å². The van der Waals surface area contributed by atoms with Crippen LogP contribution in [0, 0.1) is 0 Å². The van der Waals surface area contributed by atoms with E-state index in [1.54, 1.807) is 24.3 Å². The molecule has 0 bridgehead atoms. The van der Waals surface area contributed by atoms with Crippen molar-refractivity contribution in [2.75, 3.05) is 0 Å². The molecule has 156 valence electrons. The van der Waals surface area contributed by atoms with E-state index >= 15 is 0 Å². The summed E-state index contributed by atoms with van der Waals surface area (Å²) in [6.45, 7) is 0.0886. The number of carboxylic acids is 1. The number of tetrazole rings is 1. The van der Waals surface area contributed by atoms with Crippen molar-refractivity contribution < 1.29 is 14.7 Å². The van der Waals surface area contributed by atoms with Gasteiger partial charge in [-0.05, 0) is 45.8 Å². The zero-order valence-electron chi connectivity index (χ0n) is 15.9. The van der Waals surface area contributed by atoms with Crippen molar-refractivity contribution in [3.05, 3.63) is 80.9 Å². The average molecular weight is 439 g/mol. The number of carboxylic acid groups (broad SMARTS) is 1. The monoisotopic (exact) mass is 438 g/mol. The third-order valence-corrected chi connectivity index (χ3v) is 4.86. The molecule has 2 heterocycles. The lowest BCUT2D eigenvalue weighted by Crippen LogP contribution is -2.26. The van der Waals surface area contributed by atoms with Crippen molar-refractivity contribution in [2.45, 2.75) is 13.0 Å². The molecule has 2 aromatic heterocycles. The molecule has 4 aromatic rings. The second-order valence-corrected chi connectivity index (χ2v) is 7.12. The van der Waals surface area contributed by atoms with Crippen LogP contribution in [0.5, 0.6) is 0 Å². The van der Waals surface area contributed by atoms with Gasteiger partial charge >= 0.3 is 5.97 Å². The summed E-state index contributed by atoms with van der Waals surface area (Å²) in [7, 11) is 0. The summed E-state index contributed by atoms with van der Waals surface area (Å²) in [6.07, 6.45) is 1.52. The van der Waals surface area contributed by atoms with Gasteiger partial charge in [0, 0.05) is 17.0 Å². The molecular weight excluding hydrogens is 424 g/mol. The van der Waals surface area contributed by atoms with Gasteiger partial charge < -0.3 is 15.4 Å². The summed E-state index contributed by atoms with van der Waals surface area (Å²) >= 11 is 6.14. The number of hydrogen-bond donors (Lipinski definition) is 3. The van der Waals surface area contributed by atoms with E-state index in [1.165, 1.54) is 17.1 Å². The Morgan fingerprint density at radius 1 is 1.16 bits per heavy atom. The molecule has 0 saturated heterocycles. The number of aromatic nitrogens is 5. The zero-order valence-corrected chi connectivity index (χ0v) is 16.6. The van der Waals surface area contributed by atoms with E-state index in [1.807, 2.05) is 12.1 Å². The van der Waals surface area contributed by atoms with E-state index in [0.717, 1.165) is 5.56 Å². The molecule has 0 spiro atoms. The van der Waals surface area contributed by atoms with Crippen LogP contribution in [0.4, 0.5) is 0 Å². The van der Waals surface area contributed by atoms with Gasteiger partial charge in [-0.15, -0.1) is 5.10 Å². The highest BCUT2D eigenvalue weighted by atomic mass is 35.5. The van der Waals surface area contributed by atoms with E-state index in [9.17, 15) is 14.4 Å². The number of carbonyl (C=O) groups excluding carboxylic acids is 1. The predicted molar refractivity (Wildman–Crippen MR) is 111 cm³/mol. The van der Waals surface area contributed by atoms with Crippen LogP contribution >= 0.6 is 11.6 Å². The van der Waals surface area contributed by atoms with Gasteiger partial charge in [-0.3, -0.25) is 9.59 Å². The highest BCUT2D eigenvalue weighted by molar-refractivity contribution is 6.31. The maximum atomic E-state index is 12.6. The van der Waals surface area contributed by atoms with Gasteiger partial charge in [0.25, 0.3) is 5.56 Å². The Balaban J connectivity index is 1.56. The molecule has 0 aliphatic rings. The minimum atomic E-state index is -1.33. The second kappa shape index (κ2) is 8.36. The van der Waals surface area contributed by atoms with Crippen LogP contribution in [0.3, 0.4) is 0 Å². The molecule has 3 N–H and O–H groups in total. The maximum absolute atomic E-state index is 12.6. The molecular formula is C20H15ClN6O4. The van der Waals surface area contributed by atoms with Crippen LogP contribution in [0.15, 0.2) is 53.6 Å². The lowest BCUT2D eigenvalue weighted by molar-refractivity contribution is -0.120. The number of halogens is 1. The molecule has 0 unspecified atom stereocenters. The number of hydrogen-bond acceptors (Lipinski definition) is 6. The van der Waals surface area contributed by atoms with Crippen molar-refractivity contribution in [3.63, 3.8) is 0 Å². The van der Waals surface area contributed by atoms with Crippen molar-refractivity contribution in [2.24, 2.45) is 0 Å². The highest BCUT2D eigenvalue weighted by Gasteiger charge is 2.14. The SMILES string of the molecule is O=C(Cc1ccccc1-n1cnnn1)NCc1cc(Cl)cc2cc(C(=O)O)c(=O)[nH]c12. The third-order valence-electron chi connectivity index (χ3n) is 4.64. The largest absolute Gasteiger partial charge is 0.477 e. The molecule has 0 atom stereocenters. The first-order valence-corrected chi connectivity index (χ1v) is 9.47. The van der Waals surface area contributed by atoms with Gasteiger partial charge in [-0.1, -0.05) is 29.8 Å². The lowest BCUT2D eigenvalue weighted by atomic mass is 10.1. The quantitative estimate of drug-likeness (QED) is 0.415. The van der Waals surface area contributed by atoms with E-state index in [-0.39, 0.29) is 24.4 Å². The summed E-state index contributed by atoms with van der Waals surface area (Å²) in [5, 5.41) is 23.8. The Bertz CT molecular complexity index is 1350. The van der Waals surface area contributed by atoms with Gasteiger partial charge in [0.15, 0.2) is 0 Å². The minimum absolute atomic E-state index is 0.0776. The molecule has 4 rings (SSSR count). The molecule has 0 aliphatic heterocycles. The normalized spacial score (nSPS) is 10.9. The molecule has 0 fully saturated rings. The fourth-order valence-corrected chi connectivity index (χ4v) is 3.49.